The highest BCUT2D eigenvalue weighted by Gasteiger charge is 2.18. The van der Waals surface area contributed by atoms with Crippen LogP contribution in [-0.4, -0.2) is 37.5 Å². The first-order valence-corrected chi connectivity index (χ1v) is 9.71. The lowest BCUT2D eigenvalue weighted by molar-refractivity contribution is 0.0694. The van der Waals surface area contributed by atoms with Crippen molar-refractivity contribution in [1.29, 1.82) is 0 Å². The predicted octanol–water partition coefficient (Wildman–Crippen LogP) is 3.68. The van der Waals surface area contributed by atoms with Gasteiger partial charge in [0, 0.05) is 11.8 Å². The molecule has 3 aromatic heterocycles. The molecule has 0 atom stereocenters. The minimum absolute atomic E-state index is 0.280. The van der Waals surface area contributed by atoms with Crippen molar-refractivity contribution in [3.63, 3.8) is 0 Å². The summed E-state index contributed by atoms with van der Waals surface area (Å²) in [5.41, 5.74) is 2.78. The van der Waals surface area contributed by atoms with Crippen LogP contribution in [-0.2, 0) is 0 Å². The van der Waals surface area contributed by atoms with E-state index >= 15 is 0 Å². The van der Waals surface area contributed by atoms with Crippen LogP contribution in [0.5, 0.6) is 5.75 Å². The van der Waals surface area contributed by atoms with Crippen molar-refractivity contribution in [2.45, 2.75) is 0 Å². The highest BCUT2D eigenvalue weighted by atomic mass is 16.5. The average Bonchev–Trinajstić information content (AvgIpc) is 2.83. The molecule has 2 aromatic carbocycles. The molecule has 0 aliphatic carbocycles. The molecule has 0 saturated carbocycles. The fourth-order valence-electron chi connectivity index (χ4n) is 3.62. The molecule has 0 saturated heterocycles. The molecular weight excluding hydrogens is 408 g/mol. The van der Waals surface area contributed by atoms with E-state index < -0.39 is 17.1 Å². The average molecular weight is 424 g/mol. The van der Waals surface area contributed by atoms with E-state index in [0.29, 0.717) is 22.5 Å². The van der Waals surface area contributed by atoms with Gasteiger partial charge in [-0.15, -0.1) is 0 Å². The summed E-state index contributed by atoms with van der Waals surface area (Å²) in [6.07, 6.45) is 2.33. The van der Waals surface area contributed by atoms with Gasteiger partial charge >= 0.3 is 5.97 Å². The summed E-state index contributed by atoms with van der Waals surface area (Å²) in [6.45, 7) is 0. The summed E-state index contributed by atoms with van der Waals surface area (Å²) in [6, 6.07) is 19.1. The van der Waals surface area contributed by atoms with Crippen molar-refractivity contribution in [3.8, 4) is 28.1 Å². The number of nitrogens with zero attached hydrogens (tertiary/aromatic N) is 4. The molecule has 1 N–H and O–H groups in total. The lowest BCUT2D eigenvalue weighted by Crippen LogP contribution is -2.23. The summed E-state index contributed by atoms with van der Waals surface area (Å²) in [4.78, 5) is 37.4. The Morgan fingerprint density at radius 3 is 2.44 bits per heavy atom. The van der Waals surface area contributed by atoms with Crippen LogP contribution >= 0.6 is 0 Å². The third-order valence-corrected chi connectivity index (χ3v) is 5.21. The minimum atomic E-state index is -1.34. The van der Waals surface area contributed by atoms with E-state index in [-0.39, 0.29) is 5.65 Å². The smallest absolute Gasteiger partial charge is 0.342 e. The van der Waals surface area contributed by atoms with E-state index in [0.717, 1.165) is 27.3 Å². The highest BCUT2D eigenvalue weighted by Crippen LogP contribution is 2.33. The lowest BCUT2D eigenvalue weighted by Gasteiger charge is -2.12. The quantitative estimate of drug-likeness (QED) is 0.439. The maximum atomic E-state index is 12.7. The Morgan fingerprint density at radius 1 is 1.00 bits per heavy atom. The molecule has 0 aliphatic heterocycles. The number of carbonyl (C=O) groups is 1. The van der Waals surface area contributed by atoms with Gasteiger partial charge in [0.25, 0.3) is 5.56 Å². The molecule has 0 aliphatic rings. The Labute approximate surface area is 181 Å². The van der Waals surface area contributed by atoms with E-state index in [1.165, 1.54) is 6.33 Å². The van der Waals surface area contributed by atoms with Gasteiger partial charge in [-0.05, 0) is 29.3 Å². The second-order valence-corrected chi connectivity index (χ2v) is 7.07. The molecule has 156 valence electrons. The van der Waals surface area contributed by atoms with E-state index in [1.807, 2.05) is 60.7 Å². The Bertz CT molecular complexity index is 1540. The van der Waals surface area contributed by atoms with Gasteiger partial charge in [0.2, 0.25) is 0 Å². The number of aromatic carboxylic acids is 1. The molecule has 5 rings (SSSR count). The third kappa shape index (κ3) is 3.14. The van der Waals surface area contributed by atoms with Gasteiger partial charge in [0.05, 0.1) is 18.2 Å². The van der Waals surface area contributed by atoms with Gasteiger partial charge in [0.1, 0.15) is 17.6 Å². The van der Waals surface area contributed by atoms with Gasteiger partial charge in [-0.3, -0.25) is 4.79 Å². The van der Waals surface area contributed by atoms with Gasteiger partial charge < -0.3 is 9.84 Å². The van der Waals surface area contributed by atoms with Crippen molar-refractivity contribution >= 4 is 22.6 Å². The molecular formula is C24H16N4O4. The monoisotopic (exact) mass is 424 g/mol. The van der Waals surface area contributed by atoms with Crippen LogP contribution in [0.4, 0.5) is 0 Å². The number of carboxylic acids is 1. The number of hydrogen-bond acceptors (Lipinski definition) is 6. The number of hydrogen-bond donors (Lipinski definition) is 1. The lowest BCUT2D eigenvalue weighted by atomic mass is 10.00. The zero-order valence-corrected chi connectivity index (χ0v) is 16.9. The standard InChI is InChI=1S/C24H16N4O4/c1-32-16-9-7-14(8-10-16)17-11-19(15-5-3-2-4-6-15)27-21-20(17)22-25-12-18(24(30)31)23(29)28(22)13-26-21/h2-13H,1H3,(H,30,31). The van der Waals surface area contributed by atoms with Crippen molar-refractivity contribution in [1.82, 2.24) is 19.4 Å². The number of pyridine rings is 1. The summed E-state index contributed by atoms with van der Waals surface area (Å²) in [5.74, 6) is -0.635. The first kappa shape index (κ1) is 19.4. The van der Waals surface area contributed by atoms with E-state index in [4.69, 9.17) is 9.72 Å². The van der Waals surface area contributed by atoms with Crippen molar-refractivity contribution in [2.24, 2.45) is 0 Å². The molecule has 32 heavy (non-hydrogen) atoms. The molecule has 0 radical (unpaired) electrons. The number of benzene rings is 2. The summed E-state index contributed by atoms with van der Waals surface area (Å²) in [7, 11) is 1.60. The SMILES string of the molecule is COc1ccc(-c2cc(-c3ccccc3)nc3ncn4c(=O)c(C(=O)O)cnc4c23)cc1. The molecule has 5 aromatic rings. The Hall–Kier alpha value is -4.59. The van der Waals surface area contributed by atoms with Gasteiger partial charge in [-0.1, -0.05) is 42.5 Å². The maximum absolute atomic E-state index is 12.7. The number of carboxylic acid groups (broad SMARTS) is 1. The molecule has 0 bridgehead atoms. The Kier molecular flexibility index (Phi) is 4.59. The molecule has 0 fully saturated rings. The van der Waals surface area contributed by atoms with Crippen LogP contribution in [0.3, 0.4) is 0 Å². The van der Waals surface area contributed by atoms with Crippen LogP contribution in [0, 0.1) is 0 Å². The molecule has 3 heterocycles. The summed E-state index contributed by atoms with van der Waals surface area (Å²) >= 11 is 0. The molecule has 0 unspecified atom stereocenters. The molecule has 8 nitrogen and oxygen atoms in total. The number of aromatic nitrogens is 4. The van der Waals surface area contributed by atoms with Crippen LogP contribution < -0.4 is 10.3 Å². The van der Waals surface area contributed by atoms with Crippen LogP contribution in [0.15, 0.2) is 78.0 Å². The molecule has 0 spiro atoms. The fourth-order valence-corrected chi connectivity index (χ4v) is 3.62. The number of methoxy groups -OCH3 is 1. The van der Waals surface area contributed by atoms with Gasteiger partial charge in [-0.25, -0.2) is 24.1 Å². The van der Waals surface area contributed by atoms with Gasteiger partial charge in [-0.2, -0.15) is 0 Å². The normalized spacial score (nSPS) is 11.0. The molecule has 8 heteroatoms. The maximum Gasteiger partial charge on any atom is 0.342 e. The molecule has 0 amide bonds. The fraction of sp³-hybridized carbons (Fsp3) is 0.0417. The van der Waals surface area contributed by atoms with Crippen LogP contribution in [0.2, 0.25) is 0 Å². The van der Waals surface area contributed by atoms with E-state index in [9.17, 15) is 14.7 Å². The number of ether oxygens (including phenoxy) is 1. The van der Waals surface area contributed by atoms with Crippen LogP contribution in [0.1, 0.15) is 10.4 Å². The highest BCUT2D eigenvalue weighted by molar-refractivity contribution is 6.03. The largest absolute Gasteiger partial charge is 0.497 e. The summed E-state index contributed by atoms with van der Waals surface area (Å²) < 4.78 is 6.41. The topological polar surface area (TPSA) is 107 Å². The Morgan fingerprint density at radius 2 is 1.75 bits per heavy atom. The zero-order chi connectivity index (χ0) is 22.2. The second-order valence-electron chi connectivity index (χ2n) is 7.07. The van der Waals surface area contributed by atoms with E-state index in [2.05, 4.69) is 9.97 Å². The predicted molar refractivity (Wildman–Crippen MR) is 119 cm³/mol. The van der Waals surface area contributed by atoms with Gasteiger partial charge in [0.15, 0.2) is 11.3 Å². The Balaban J connectivity index is 1.88. The number of fused-ring (bicyclic) bond motifs is 3. The van der Waals surface area contributed by atoms with Crippen molar-refractivity contribution in [2.75, 3.05) is 7.11 Å². The zero-order valence-electron chi connectivity index (χ0n) is 16.9. The van der Waals surface area contributed by atoms with E-state index in [1.54, 1.807) is 7.11 Å². The first-order chi connectivity index (χ1) is 15.6. The third-order valence-electron chi connectivity index (χ3n) is 5.21. The van der Waals surface area contributed by atoms with Crippen molar-refractivity contribution in [3.05, 3.63) is 89.1 Å². The number of rotatable bonds is 4. The second kappa shape index (κ2) is 7.59. The van der Waals surface area contributed by atoms with Crippen molar-refractivity contribution < 1.29 is 14.6 Å². The minimum Gasteiger partial charge on any atom is -0.497 e. The summed E-state index contributed by atoms with van der Waals surface area (Å²) in [5, 5.41) is 9.83. The van der Waals surface area contributed by atoms with Crippen LogP contribution in [0.25, 0.3) is 39.1 Å². The first-order valence-electron chi connectivity index (χ1n) is 9.71.